The van der Waals surface area contributed by atoms with Gasteiger partial charge in [-0.15, -0.1) is 0 Å². The molecule has 0 fully saturated rings. The van der Waals surface area contributed by atoms with E-state index in [-0.39, 0.29) is 29.0 Å². The first-order chi connectivity index (χ1) is 15.4. The van der Waals surface area contributed by atoms with Crippen LogP contribution in [0.4, 0.5) is 0 Å². The second kappa shape index (κ2) is 9.02. The molecule has 0 spiro atoms. The molecule has 2 aromatic carbocycles. The third kappa shape index (κ3) is 4.46. The van der Waals surface area contributed by atoms with Gasteiger partial charge in [-0.05, 0) is 47.7 Å². The van der Waals surface area contributed by atoms with E-state index in [1.807, 2.05) is 37.3 Å². The topological polar surface area (TPSA) is 96.4 Å². The summed E-state index contributed by atoms with van der Waals surface area (Å²) < 4.78 is 27.9. The number of nitrogens with zero attached hydrogens (tertiary/aromatic N) is 2. The molecule has 3 aromatic rings. The van der Waals surface area contributed by atoms with Crippen molar-refractivity contribution in [2.24, 2.45) is 0 Å². The third-order valence-electron chi connectivity index (χ3n) is 5.54. The van der Waals surface area contributed by atoms with Crippen molar-refractivity contribution < 1.29 is 18.0 Å². The third-order valence-corrected chi connectivity index (χ3v) is 6.98. The average Bonchev–Trinajstić information content (AvgIpc) is 3.07. The van der Waals surface area contributed by atoms with Gasteiger partial charge < -0.3 is 0 Å². The Balaban J connectivity index is 1.36. The van der Waals surface area contributed by atoms with E-state index in [0.717, 1.165) is 11.1 Å². The number of imide groups is 1. The van der Waals surface area contributed by atoms with Gasteiger partial charge in [-0.25, -0.2) is 13.1 Å². The molecule has 1 unspecified atom stereocenters. The Kier molecular flexibility index (Phi) is 6.16. The molecule has 0 saturated heterocycles. The van der Waals surface area contributed by atoms with Crippen LogP contribution in [-0.4, -0.2) is 43.2 Å². The number of sulfonamides is 1. The predicted molar refractivity (Wildman–Crippen MR) is 120 cm³/mol. The molecule has 0 aliphatic carbocycles. The molecular weight excluding hydrogens is 426 g/mol. The van der Waals surface area contributed by atoms with Crippen LogP contribution in [0.1, 0.15) is 44.8 Å². The molecule has 8 heteroatoms. The van der Waals surface area contributed by atoms with Crippen LogP contribution in [-0.2, 0) is 16.4 Å². The Morgan fingerprint density at radius 1 is 0.938 bits per heavy atom. The molecule has 0 radical (unpaired) electrons. The number of amides is 2. The van der Waals surface area contributed by atoms with Crippen molar-refractivity contribution in [3.05, 3.63) is 95.3 Å². The Morgan fingerprint density at radius 2 is 1.66 bits per heavy atom. The van der Waals surface area contributed by atoms with Gasteiger partial charge in [0.2, 0.25) is 10.0 Å². The molecule has 1 N–H and O–H groups in total. The van der Waals surface area contributed by atoms with Crippen LogP contribution in [0.25, 0.3) is 0 Å². The number of nitrogens with one attached hydrogen (secondary N) is 1. The number of hydrogen-bond donors (Lipinski definition) is 1. The van der Waals surface area contributed by atoms with Gasteiger partial charge in [0.15, 0.2) is 0 Å². The van der Waals surface area contributed by atoms with Gasteiger partial charge in [-0.2, -0.15) is 0 Å². The summed E-state index contributed by atoms with van der Waals surface area (Å²) in [4.78, 5) is 30.2. The smallest absolute Gasteiger partial charge is 0.273 e. The Labute approximate surface area is 187 Å². The lowest BCUT2D eigenvalue weighted by molar-refractivity contribution is 0.0654. The van der Waals surface area contributed by atoms with Gasteiger partial charge in [-0.3, -0.25) is 19.5 Å². The molecule has 2 heterocycles. The molecule has 1 aliphatic heterocycles. The first-order valence-electron chi connectivity index (χ1n) is 10.3. The number of benzene rings is 2. The van der Waals surface area contributed by atoms with E-state index < -0.39 is 15.9 Å². The zero-order valence-electron chi connectivity index (χ0n) is 17.6. The van der Waals surface area contributed by atoms with E-state index in [9.17, 15) is 18.0 Å². The SMILES string of the molecule is CC(CNS(=O)(=O)c1ccc(CCN2C(=O)c3cccnc3C2=O)cc1)c1ccccc1. The van der Waals surface area contributed by atoms with Crippen LogP contribution in [0.3, 0.4) is 0 Å². The van der Waals surface area contributed by atoms with Crippen molar-refractivity contribution >= 4 is 21.8 Å². The van der Waals surface area contributed by atoms with Crippen molar-refractivity contribution in [1.82, 2.24) is 14.6 Å². The lowest BCUT2D eigenvalue weighted by Crippen LogP contribution is -2.32. The van der Waals surface area contributed by atoms with E-state index in [1.54, 1.807) is 24.3 Å². The lowest BCUT2D eigenvalue weighted by Gasteiger charge is -2.15. The number of hydrogen-bond acceptors (Lipinski definition) is 5. The molecule has 7 nitrogen and oxygen atoms in total. The highest BCUT2D eigenvalue weighted by Crippen LogP contribution is 2.21. The molecule has 0 bridgehead atoms. The van der Waals surface area contributed by atoms with Crippen LogP contribution in [0.5, 0.6) is 0 Å². The number of rotatable bonds is 8. The normalized spacial score (nSPS) is 14.5. The van der Waals surface area contributed by atoms with E-state index in [0.29, 0.717) is 18.5 Å². The zero-order chi connectivity index (χ0) is 22.7. The Morgan fingerprint density at radius 3 is 2.34 bits per heavy atom. The van der Waals surface area contributed by atoms with Crippen LogP contribution in [0.15, 0.2) is 77.8 Å². The lowest BCUT2D eigenvalue weighted by atomic mass is 10.0. The van der Waals surface area contributed by atoms with Crippen molar-refractivity contribution in [1.29, 1.82) is 0 Å². The maximum Gasteiger partial charge on any atom is 0.280 e. The van der Waals surface area contributed by atoms with E-state index in [4.69, 9.17) is 0 Å². The quantitative estimate of drug-likeness (QED) is 0.534. The first kappa shape index (κ1) is 21.9. The highest BCUT2D eigenvalue weighted by molar-refractivity contribution is 7.89. The largest absolute Gasteiger partial charge is 0.280 e. The number of fused-ring (bicyclic) bond motifs is 1. The summed E-state index contributed by atoms with van der Waals surface area (Å²) in [7, 11) is -3.64. The van der Waals surface area contributed by atoms with Crippen LogP contribution < -0.4 is 4.72 Å². The highest BCUT2D eigenvalue weighted by atomic mass is 32.2. The van der Waals surface area contributed by atoms with Crippen LogP contribution in [0, 0.1) is 0 Å². The van der Waals surface area contributed by atoms with E-state index in [1.165, 1.54) is 23.2 Å². The summed E-state index contributed by atoms with van der Waals surface area (Å²) in [6, 6.07) is 19.4. The van der Waals surface area contributed by atoms with Gasteiger partial charge in [0.05, 0.1) is 10.5 Å². The maximum absolute atomic E-state index is 12.6. The fourth-order valence-electron chi connectivity index (χ4n) is 3.61. The number of carbonyl (C=O) groups excluding carboxylic acids is 2. The van der Waals surface area contributed by atoms with Crippen molar-refractivity contribution in [2.45, 2.75) is 24.2 Å². The summed E-state index contributed by atoms with van der Waals surface area (Å²) in [5, 5.41) is 0. The summed E-state index contributed by atoms with van der Waals surface area (Å²) in [5.41, 5.74) is 2.38. The highest BCUT2D eigenvalue weighted by Gasteiger charge is 2.36. The molecular formula is C24H23N3O4S. The van der Waals surface area contributed by atoms with E-state index >= 15 is 0 Å². The summed E-state index contributed by atoms with van der Waals surface area (Å²) in [6.07, 6.45) is 1.91. The van der Waals surface area contributed by atoms with Gasteiger partial charge in [-0.1, -0.05) is 49.4 Å². The molecule has 32 heavy (non-hydrogen) atoms. The molecule has 164 valence electrons. The predicted octanol–water partition coefficient (Wildman–Crippen LogP) is 3.00. The Hall–Kier alpha value is -3.36. The van der Waals surface area contributed by atoms with Gasteiger partial charge in [0, 0.05) is 19.3 Å². The maximum atomic E-state index is 12.6. The second-order valence-electron chi connectivity index (χ2n) is 7.72. The van der Waals surface area contributed by atoms with Crippen molar-refractivity contribution in [3.8, 4) is 0 Å². The molecule has 4 rings (SSSR count). The van der Waals surface area contributed by atoms with E-state index in [2.05, 4.69) is 9.71 Å². The summed E-state index contributed by atoms with van der Waals surface area (Å²) in [6.45, 7) is 2.46. The van der Waals surface area contributed by atoms with Gasteiger partial charge in [0.1, 0.15) is 5.69 Å². The van der Waals surface area contributed by atoms with Crippen molar-refractivity contribution in [2.75, 3.05) is 13.1 Å². The zero-order valence-corrected chi connectivity index (χ0v) is 18.4. The fraction of sp³-hybridized carbons (Fsp3) is 0.208. The van der Waals surface area contributed by atoms with Gasteiger partial charge >= 0.3 is 0 Å². The second-order valence-corrected chi connectivity index (χ2v) is 9.49. The van der Waals surface area contributed by atoms with Gasteiger partial charge in [0.25, 0.3) is 11.8 Å². The monoisotopic (exact) mass is 449 g/mol. The molecule has 2 amide bonds. The van der Waals surface area contributed by atoms with Crippen LogP contribution >= 0.6 is 0 Å². The minimum Gasteiger partial charge on any atom is -0.273 e. The summed E-state index contributed by atoms with van der Waals surface area (Å²) in [5.74, 6) is -0.713. The number of aromatic nitrogens is 1. The van der Waals surface area contributed by atoms with Crippen molar-refractivity contribution in [3.63, 3.8) is 0 Å². The molecule has 1 aromatic heterocycles. The standard InChI is InChI=1S/C24H23N3O4S/c1-17(19-6-3-2-4-7-19)16-26-32(30,31)20-11-9-18(10-12-20)13-15-27-23(28)21-8-5-14-25-22(21)24(27)29/h2-12,14,17,26H,13,15-16H2,1H3. The molecule has 0 saturated carbocycles. The molecule has 1 aliphatic rings. The average molecular weight is 450 g/mol. The first-order valence-corrected chi connectivity index (χ1v) is 11.8. The Bertz CT molecular complexity index is 1210. The minimum atomic E-state index is -3.64. The number of pyridine rings is 1. The fourth-order valence-corrected chi connectivity index (χ4v) is 4.74. The van der Waals surface area contributed by atoms with Crippen LogP contribution in [0.2, 0.25) is 0 Å². The molecule has 1 atom stereocenters. The number of carbonyl (C=O) groups is 2. The minimum absolute atomic E-state index is 0.0411. The summed E-state index contributed by atoms with van der Waals surface area (Å²) >= 11 is 0.